The summed E-state index contributed by atoms with van der Waals surface area (Å²) in [5.41, 5.74) is 0.159. The van der Waals surface area contributed by atoms with E-state index in [2.05, 4.69) is 26.1 Å². The van der Waals surface area contributed by atoms with Crippen molar-refractivity contribution >= 4 is 0 Å². The second-order valence-corrected chi connectivity index (χ2v) is 6.65. The van der Waals surface area contributed by atoms with Crippen molar-refractivity contribution in [2.75, 3.05) is 6.61 Å². The molecule has 1 saturated heterocycles. The topological polar surface area (TPSA) is 21.3 Å². The van der Waals surface area contributed by atoms with Crippen LogP contribution < -0.4 is 5.32 Å². The standard InChI is InChI=1S/C17H33NO/c1-4-14-9-7-8-10-16(14)18-15-11-12-19-17(5-2,6-3)13-15/h14-16,18H,4-13H2,1-3H3. The van der Waals surface area contributed by atoms with Gasteiger partial charge in [-0.25, -0.2) is 0 Å². The minimum Gasteiger partial charge on any atom is -0.375 e. The highest BCUT2D eigenvalue weighted by molar-refractivity contribution is 4.91. The predicted octanol–water partition coefficient (Wildman–Crippen LogP) is 4.28. The molecule has 0 bridgehead atoms. The Hall–Kier alpha value is -0.0800. The van der Waals surface area contributed by atoms with Gasteiger partial charge < -0.3 is 10.1 Å². The molecule has 0 aromatic rings. The molecule has 2 rings (SSSR count). The van der Waals surface area contributed by atoms with E-state index < -0.39 is 0 Å². The van der Waals surface area contributed by atoms with Crippen LogP contribution in [0.4, 0.5) is 0 Å². The maximum atomic E-state index is 6.10. The van der Waals surface area contributed by atoms with E-state index in [1.165, 1.54) is 44.9 Å². The first-order chi connectivity index (χ1) is 9.23. The maximum absolute atomic E-state index is 6.10. The van der Waals surface area contributed by atoms with Crippen LogP contribution in [0.3, 0.4) is 0 Å². The van der Waals surface area contributed by atoms with Crippen molar-refractivity contribution in [1.82, 2.24) is 5.32 Å². The molecular formula is C17H33NO. The molecule has 3 atom stereocenters. The second-order valence-electron chi connectivity index (χ2n) is 6.65. The third-order valence-corrected chi connectivity index (χ3v) is 5.66. The molecule has 0 radical (unpaired) electrons. The lowest BCUT2D eigenvalue weighted by Gasteiger charge is -2.43. The van der Waals surface area contributed by atoms with Gasteiger partial charge in [0.05, 0.1) is 5.60 Å². The average Bonchev–Trinajstić information content (AvgIpc) is 2.48. The Labute approximate surface area is 119 Å². The van der Waals surface area contributed by atoms with Gasteiger partial charge in [-0.05, 0) is 44.4 Å². The van der Waals surface area contributed by atoms with E-state index in [9.17, 15) is 0 Å². The monoisotopic (exact) mass is 267 g/mol. The zero-order valence-electron chi connectivity index (χ0n) is 13.2. The Morgan fingerprint density at radius 1 is 1.05 bits per heavy atom. The first-order valence-corrected chi connectivity index (χ1v) is 8.63. The summed E-state index contributed by atoms with van der Waals surface area (Å²) in [7, 11) is 0. The van der Waals surface area contributed by atoms with Crippen LogP contribution >= 0.6 is 0 Å². The van der Waals surface area contributed by atoms with Crippen LogP contribution in [0.2, 0.25) is 0 Å². The molecule has 1 aliphatic carbocycles. The van der Waals surface area contributed by atoms with Crippen molar-refractivity contribution in [2.24, 2.45) is 5.92 Å². The molecule has 1 N–H and O–H groups in total. The number of nitrogens with one attached hydrogen (secondary N) is 1. The molecule has 2 aliphatic rings. The van der Waals surface area contributed by atoms with Crippen molar-refractivity contribution < 1.29 is 4.74 Å². The van der Waals surface area contributed by atoms with Crippen LogP contribution in [-0.4, -0.2) is 24.3 Å². The molecule has 2 nitrogen and oxygen atoms in total. The van der Waals surface area contributed by atoms with Crippen molar-refractivity contribution in [3.8, 4) is 0 Å². The highest BCUT2D eigenvalue weighted by Gasteiger charge is 2.36. The fourth-order valence-corrected chi connectivity index (χ4v) is 4.13. The molecule has 0 aromatic heterocycles. The van der Waals surface area contributed by atoms with Crippen molar-refractivity contribution in [3.63, 3.8) is 0 Å². The van der Waals surface area contributed by atoms with Crippen LogP contribution in [0.25, 0.3) is 0 Å². The van der Waals surface area contributed by atoms with Crippen molar-refractivity contribution in [2.45, 2.75) is 96.2 Å². The van der Waals surface area contributed by atoms with Gasteiger partial charge in [-0.3, -0.25) is 0 Å². The smallest absolute Gasteiger partial charge is 0.0692 e. The summed E-state index contributed by atoms with van der Waals surface area (Å²) in [5, 5.41) is 4.00. The van der Waals surface area contributed by atoms with Crippen molar-refractivity contribution in [1.29, 1.82) is 0 Å². The van der Waals surface area contributed by atoms with E-state index in [0.29, 0.717) is 6.04 Å². The van der Waals surface area contributed by atoms with E-state index in [1.54, 1.807) is 0 Å². The van der Waals surface area contributed by atoms with Gasteiger partial charge in [0.1, 0.15) is 0 Å². The fourth-order valence-electron chi connectivity index (χ4n) is 4.13. The summed E-state index contributed by atoms with van der Waals surface area (Å²) < 4.78 is 6.10. The quantitative estimate of drug-likeness (QED) is 0.802. The van der Waals surface area contributed by atoms with E-state index in [4.69, 9.17) is 4.74 Å². The maximum Gasteiger partial charge on any atom is 0.0692 e. The summed E-state index contributed by atoms with van der Waals surface area (Å²) in [5.74, 6) is 0.911. The molecule has 112 valence electrons. The molecule has 1 saturated carbocycles. The number of rotatable bonds is 5. The Morgan fingerprint density at radius 2 is 1.79 bits per heavy atom. The highest BCUT2D eigenvalue weighted by atomic mass is 16.5. The lowest BCUT2D eigenvalue weighted by molar-refractivity contribution is -0.0951. The molecule has 1 heterocycles. The van der Waals surface area contributed by atoms with Gasteiger partial charge >= 0.3 is 0 Å². The fraction of sp³-hybridized carbons (Fsp3) is 1.00. The molecule has 2 fully saturated rings. The van der Waals surface area contributed by atoms with Crippen LogP contribution in [0.15, 0.2) is 0 Å². The molecule has 1 aliphatic heterocycles. The van der Waals surface area contributed by atoms with Gasteiger partial charge in [0.2, 0.25) is 0 Å². The minimum absolute atomic E-state index is 0.159. The molecular weight excluding hydrogens is 234 g/mol. The first kappa shape index (κ1) is 15.3. The van der Waals surface area contributed by atoms with Gasteiger partial charge in [0.25, 0.3) is 0 Å². The van der Waals surface area contributed by atoms with Crippen LogP contribution in [0, 0.1) is 5.92 Å². The highest BCUT2D eigenvalue weighted by Crippen LogP contribution is 2.33. The van der Waals surface area contributed by atoms with Gasteiger partial charge in [-0.2, -0.15) is 0 Å². The van der Waals surface area contributed by atoms with Crippen molar-refractivity contribution in [3.05, 3.63) is 0 Å². The molecule has 19 heavy (non-hydrogen) atoms. The van der Waals surface area contributed by atoms with Crippen LogP contribution in [-0.2, 0) is 4.74 Å². The minimum atomic E-state index is 0.159. The Balaban J connectivity index is 1.90. The number of hydrogen-bond acceptors (Lipinski definition) is 2. The first-order valence-electron chi connectivity index (χ1n) is 8.63. The third kappa shape index (κ3) is 3.72. The molecule has 3 unspecified atom stereocenters. The zero-order chi connectivity index (χ0) is 13.7. The van der Waals surface area contributed by atoms with E-state index in [1.807, 2.05) is 0 Å². The lowest BCUT2D eigenvalue weighted by atomic mass is 9.80. The Bertz CT molecular complexity index is 262. The average molecular weight is 267 g/mol. The molecule has 0 spiro atoms. The Kier molecular flexibility index (Phi) is 5.70. The summed E-state index contributed by atoms with van der Waals surface area (Å²) in [6.07, 6.45) is 11.8. The summed E-state index contributed by atoms with van der Waals surface area (Å²) in [6.45, 7) is 7.86. The van der Waals surface area contributed by atoms with Gasteiger partial charge in [0.15, 0.2) is 0 Å². The normalized spacial score (nSPS) is 35.2. The van der Waals surface area contributed by atoms with Gasteiger partial charge in [0, 0.05) is 18.7 Å². The molecule has 2 heteroatoms. The van der Waals surface area contributed by atoms with Crippen LogP contribution in [0.5, 0.6) is 0 Å². The SMILES string of the molecule is CCC1CCCCC1NC1CCOC(CC)(CC)C1. The summed E-state index contributed by atoms with van der Waals surface area (Å²) in [6, 6.07) is 1.46. The molecule has 0 aromatic carbocycles. The number of ether oxygens (including phenoxy) is 1. The van der Waals surface area contributed by atoms with Gasteiger partial charge in [-0.15, -0.1) is 0 Å². The zero-order valence-corrected chi connectivity index (χ0v) is 13.2. The molecule has 0 amide bonds. The largest absolute Gasteiger partial charge is 0.375 e. The third-order valence-electron chi connectivity index (χ3n) is 5.66. The number of hydrogen-bond donors (Lipinski definition) is 1. The van der Waals surface area contributed by atoms with E-state index >= 15 is 0 Å². The second kappa shape index (κ2) is 7.08. The summed E-state index contributed by atoms with van der Waals surface area (Å²) >= 11 is 0. The predicted molar refractivity (Wildman–Crippen MR) is 81.5 cm³/mol. The summed E-state index contributed by atoms with van der Waals surface area (Å²) in [4.78, 5) is 0. The van der Waals surface area contributed by atoms with E-state index in [-0.39, 0.29) is 5.60 Å². The Morgan fingerprint density at radius 3 is 2.47 bits per heavy atom. The van der Waals surface area contributed by atoms with Gasteiger partial charge in [-0.1, -0.05) is 40.0 Å². The van der Waals surface area contributed by atoms with Crippen LogP contribution in [0.1, 0.15) is 78.6 Å². The van der Waals surface area contributed by atoms with E-state index in [0.717, 1.165) is 31.4 Å². The lowest BCUT2D eigenvalue weighted by Crippen LogP contribution is -2.51.